The highest BCUT2D eigenvalue weighted by Gasteiger charge is 2.35. The van der Waals surface area contributed by atoms with Gasteiger partial charge in [-0.3, -0.25) is 9.89 Å². The number of ether oxygens (including phenoxy) is 3. The van der Waals surface area contributed by atoms with Crippen LogP contribution in [-0.2, 0) is 4.79 Å². The lowest BCUT2D eigenvalue weighted by Gasteiger charge is -2.33. The number of hydrogen-bond donors (Lipinski definition) is 1. The molecular weight excluding hydrogens is 484 g/mol. The fourth-order valence-corrected chi connectivity index (χ4v) is 5.89. The van der Waals surface area contributed by atoms with Crippen LogP contribution in [-0.4, -0.2) is 81.8 Å². The van der Waals surface area contributed by atoms with Crippen molar-refractivity contribution in [1.82, 2.24) is 30.0 Å². The molecule has 5 heterocycles. The Labute approximate surface area is 222 Å². The van der Waals surface area contributed by atoms with Gasteiger partial charge in [-0.1, -0.05) is 12.6 Å². The Kier molecular flexibility index (Phi) is 6.65. The van der Waals surface area contributed by atoms with Crippen molar-refractivity contribution in [2.24, 2.45) is 0 Å². The maximum absolute atomic E-state index is 12.1. The van der Waals surface area contributed by atoms with E-state index in [-0.39, 0.29) is 17.9 Å². The summed E-state index contributed by atoms with van der Waals surface area (Å²) in [7, 11) is 2.12. The third-order valence-electron chi connectivity index (χ3n) is 8.12. The molecule has 3 aliphatic heterocycles. The van der Waals surface area contributed by atoms with E-state index in [0.29, 0.717) is 50.0 Å². The molecule has 1 unspecified atom stereocenters. The molecule has 2 atom stereocenters. The lowest BCUT2D eigenvalue weighted by molar-refractivity contribution is -0.127. The van der Waals surface area contributed by atoms with Crippen LogP contribution in [0.2, 0.25) is 0 Å². The van der Waals surface area contributed by atoms with Gasteiger partial charge in [-0.2, -0.15) is 15.1 Å². The summed E-state index contributed by atoms with van der Waals surface area (Å²) in [4.78, 5) is 25.8. The van der Waals surface area contributed by atoms with E-state index in [2.05, 4.69) is 46.7 Å². The summed E-state index contributed by atoms with van der Waals surface area (Å²) in [5.74, 6) is 1.06. The number of piperidine rings is 1. The molecule has 0 saturated carbocycles. The van der Waals surface area contributed by atoms with Gasteiger partial charge in [-0.05, 0) is 63.9 Å². The summed E-state index contributed by atoms with van der Waals surface area (Å²) in [5, 5.41) is 8.27. The summed E-state index contributed by atoms with van der Waals surface area (Å²) in [6.45, 7) is 8.91. The molecule has 38 heavy (non-hydrogen) atoms. The highest BCUT2D eigenvalue weighted by atomic mass is 16.6. The normalized spacial score (nSPS) is 22.1. The lowest BCUT2D eigenvalue weighted by atomic mass is 9.92. The Balaban J connectivity index is 1.31. The number of H-pyrrole nitrogens is 1. The number of likely N-dealkylation sites (tertiary alicyclic amines) is 2. The molecular formula is C28H34N6O4. The maximum atomic E-state index is 12.1. The van der Waals surface area contributed by atoms with Gasteiger partial charge in [0.1, 0.15) is 13.2 Å². The Morgan fingerprint density at radius 3 is 2.84 bits per heavy atom. The van der Waals surface area contributed by atoms with E-state index >= 15 is 0 Å². The van der Waals surface area contributed by atoms with Gasteiger partial charge in [0.2, 0.25) is 11.7 Å². The summed E-state index contributed by atoms with van der Waals surface area (Å²) in [6.07, 6.45) is 6.67. The van der Waals surface area contributed by atoms with Crippen LogP contribution < -0.4 is 14.2 Å². The van der Waals surface area contributed by atoms with Gasteiger partial charge in [-0.25, -0.2) is 0 Å². The van der Waals surface area contributed by atoms with Gasteiger partial charge in [0.05, 0.1) is 17.4 Å². The number of rotatable bonds is 6. The highest BCUT2D eigenvalue weighted by Crippen LogP contribution is 2.44. The molecule has 1 amide bonds. The maximum Gasteiger partial charge on any atom is 0.320 e. The van der Waals surface area contributed by atoms with Crippen LogP contribution in [0, 0.1) is 6.92 Å². The number of likely N-dealkylation sites (N-methyl/N-ethyl adjacent to an activating group) is 1. The Bertz CT molecular complexity index is 1350. The lowest BCUT2D eigenvalue weighted by Crippen LogP contribution is -2.37. The summed E-state index contributed by atoms with van der Waals surface area (Å²) < 4.78 is 19.1. The van der Waals surface area contributed by atoms with Gasteiger partial charge >= 0.3 is 6.01 Å². The standard InChI is InChI=1S/C28H34N6O4/c1-4-23(35)34-12-9-18(10-13-34)25-26-27(31-28(30-25)37-15-19-6-5-11-33(19)3)38-22(16-36-26)24-17(2)7-8-21-20(24)14-29-32-21/h4,7-8,14,18-19,22H,1,5-6,9-13,15-16H2,2-3H3,(H,29,32)/t19-,22?/m0/s1. The first-order chi connectivity index (χ1) is 18.5. The number of benzene rings is 1. The number of fused-ring (bicyclic) bond motifs is 2. The molecule has 1 N–H and O–H groups in total. The summed E-state index contributed by atoms with van der Waals surface area (Å²) in [6, 6.07) is 4.74. The van der Waals surface area contributed by atoms with Crippen LogP contribution in [0.4, 0.5) is 0 Å². The molecule has 6 rings (SSSR count). The summed E-state index contributed by atoms with van der Waals surface area (Å²) in [5.41, 5.74) is 3.89. The number of carbonyl (C=O) groups excluding carboxylic acids is 1. The van der Waals surface area contributed by atoms with Gasteiger partial charge < -0.3 is 24.0 Å². The number of amides is 1. The molecule has 0 radical (unpaired) electrons. The first-order valence-electron chi connectivity index (χ1n) is 13.4. The van der Waals surface area contributed by atoms with Crippen molar-refractivity contribution in [3.8, 4) is 17.6 Å². The Morgan fingerprint density at radius 2 is 2.08 bits per heavy atom. The molecule has 2 fully saturated rings. The fourth-order valence-electron chi connectivity index (χ4n) is 5.89. The van der Waals surface area contributed by atoms with E-state index in [1.54, 1.807) is 0 Å². The van der Waals surface area contributed by atoms with Crippen molar-refractivity contribution in [3.05, 3.63) is 47.8 Å². The molecule has 2 saturated heterocycles. The third kappa shape index (κ3) is 4.57. The first kappa shape index (κ1) is 24.7. The molecule has 2 aromatic heterocycles. The number of carbonyl (C=O) groups is 1. The van der Waals surface area contributed by atoms with Crippen molar-refractivity contribution in [3.63, 3.8) is 0 Å². The van der Waals surface area contributed by atoms with Gasteiger partial charge in [-0.15, -0.1) is 0 Å². The van der Waals surface area contributed by atoms with Crippen molar-refractivity contribution < 1.29 is 19.0 Å². The minimum atomic E-state index is -0.340. The SMILES string of the molecule is C=CC(=O)N1CCC(c2nc(OC[C@@H]3CCCN3C)nc3c2OCC(c2c(C)ccc4[nH]ncc24)O3)CC1. The van der Waals surface area contributed by atoms with Crippen LogP contribution in [0.5, 0.6) is 17.6 Å². The molecule has 200 valence electrons. The second-order valence-corrected chi connectivity index (χ2v) is 10.5. The number of aromatic amines is 1. The second-order valence-electron chi connectivity index (χ2n) is 10.5. The van der Waals surface area contributed by atoms with E-state index in [4.69, 9.17) is 19.2 Å². The van der Waals surface area contributed by atoms with Crippen LogP contribution in [0.3, 0.4) is 0 Å². The van der Waals surface area contributed by atoms with Crippen molar-refractivity contribution in [2.45, 2.75) is 50.7 Å². The average Bonchev–Trinajstić information content (AvgIpc) is 3.59. The third-order valence-corrected chi connectivity index (χ3v) is 8.12. The van der Waals surface area contributed by atoms with E-state index in [1.165, 1.54) is 12.5 Å². The molecule has 0 spiro atoms. The molecule has 10 nitrogen and oxygen atoms in total. The van der Waals surface area contributed by atoms with Crippen molar-refractivity contribution in [2.75, 3.05) is 39.9 Å². The number of nitrogens with zero attached hydrogens (tertiary/aromatic N) is 5. The quantitative estimate of drug-likeness (QED) is 0.494. The zero-order chi connectivity index (χ0) is 26.2. The summed E-state index contributed by atoms with van der Waals surface area (Å²) >= 11 is 0. The minimum Gasteiger partial charge on any atom is -0.482 e. The number of aryl methyl sites for hydroxylation is 1. The number of nitrogens with one attached hydrogen (secondary N) is 1. The first-order valence-corrected chi connectivity index (χ1v) is 13.4. The van der Waals surface area contributed by atoms with E-state index in [0.717, 1.165) is 53.5 Å². The predicted octanol–water partition coefficient (Wildman–Crippen LogP) is 3.54. The van der Waals surface area contributed by atoms with Gasteiger partial charge in [0.25, 0.3) is 5.88 Å². The van der Waals surface area contributed by atoms with Crippen LogP contribution >= 0.6 is 0 Å². The Morgan fingerprint density at radius 1 is 1.24 bits per heavy atom. The molecule has 3 aliphatic rings. The molecule has 10 heteroatoms. The average molecular weight is 519 g/mol. The van der Waals surface area contributed by atoms with Crippen LogP contribution in [0.1, 0.15) is 54.5 Å². The zero-order valence-corrected chi connectivity index (χ0v) is 22.0. The zero-order valence-electron chi connectivity index (χ0n) is 22.0. The number of aromatic nitrogens is 4. The topological polar surface area (TPSA) is 106 Å². The van der Waals surface area contributed by atoms with E-state index in [1.807, 2.05) is 17.2 Å². The molecule has 0 bridgehead atoms. The second kappa shape index (κ2) is 10.2. The predicted molar refractivity (Wildman–Crippen MR) is 142 cm³/mol. The van der Waals surface area contributed by atoms with Gasteiger partial charge in [0.15, 0.2) is 6.10 Å². The smallest absolute Gasteiger partial charge is 0.320 e. The van der Waals surface area contributed by atoms with Crippen molar-refractivity contribution >= 4 is 16.8 Å². The fraction of sp³-hybridized carbons (Fsp3) is 0.500. The van der Waals surface area contributed by atoms with Gasteiger partial charge in [0, 0.05) is 36.0 Å². The molecule has 3 aromatic rings. The molecule has 1 aromatic carbocycles. The van der Waals surface area contributed by atoms with Crippen LogP contribution in [0.15, 0.2) is 31.0 Å². The van der Waals surface area contributed by atoms with E-state index < -0.39 is 0 Å². The van der Waals surface area contributed by atoms with Crippen molar-refractivity contribution in [1.29, 1.82) is 0 Å². The van der Waals surface area contributed by atoms with E-state index in [9.17, 15) is 4.79 Å². The minimum absolute atomic E-state index is 0.0379. The molecule has 0 aliphatic carbocycles. The number of hydrogen-bond acceptors (Lipinski definition) is 8. The Hall–Kier alpha value is -3.66. The van der Waals surface area contributed by atoms with Crippen LogP contribution in [0.25, 0.3) is 10.9 Å². The highest BCUT2D eigenvalue weighted by molar-refractivity contribution is 5.87. The monoisotopic (exact) mass is 518 g/mol. The largest absolute Gasteiger partial charge is 0.482 e.